The zero-order valence-electron chi connectivity index (χ0n) is 9.12. The third-order valence-corrected chi connectivity index (χ3v) is 2.94. The molecule has 1 aromatic carbocycles. The highest BCUT2D eigenvalue weighted by atomic mass is 127. The number of rotatable bonds is 3. The summed E-state index contributed by atoms with van der Waals surface area (Å²) in [6.07, 6.45) is 0. The predicted octanol–water partition coefficient (Wildman–Crippen LogP) is 2.93. The van der Waals surface area contributed by atoms with E-state index in [2.05, 4.69) is 3.53 Å². The molecule has 3 nitrogen and oxygen atoms in total. The Bertz CT molecular complexity index is 352. The Morgan fingerprint density at radius 2 is 2.13 bits per heavy atom. The van der Waals surface area contributed by atoms with Gasteiger partial charge >= 0.3 is 0 Å². The number of halogens is 1. The van der Waals surface area contributed by atoms with Crippen molar-refractivity contribution in [1.82, 2.24) is 4.90 Å². The number of carbonyl (C=O) groups excluding carboxylic acids is 1. The van der Waals surface area contributed by atoms with Crippen LogP contribution < -0.4 is 3.53 Å². The van der Waals surface area contributed by atoms with Crippen LogP contribution in [0.25, 0.3) is 0 Å². The molecule has 0 aliphatic heterocycles. The molecule has 0 atom stereocenters. The van der Waals surface area contributed by atoms with Crippen molar-refractivity contribution in [2.75, 3.05) is 10.6 Å². The van der Waals surface area contributed by atoms with Crippen molar-refractivity contribution < 1.29 is 4.79 Å². The minimum Gasteiger partial charge on any atom is -0.339 e. The fraction of sp³-hybridized carbons (Fsp3) is 0.364. The number of hydrogen-bond donors (Lipinski definition) is 1. The second kappa shape index (κ2) is 5.34. The molecule has 0 aliphatic rings. The summed E-state index contributed by atoms with van der Waals surface area (Å²) in [5, 5.41) is 0. The van der Waals surface area contributed by atoms with Crippen molar-refractivity contribution in [3.63, 3.8) is 0 Å². The molecule has 0 unspecified atom stereocenters. The Balaban J connectivity index is 2.91. The number of amides is 1. The van der Waals surface area contributed by atoms with Crippen LogP contribution in [0.2, 0.25) is 0 Å². The predicted molar refractivity (Wildman–Crippen MR) is 71.3 cm³/mol. The fourth-order valence-electron chi connectivity index (χ4n) is 1.15. The molecule has 4 heteroatoms. The van der Waals surface area contributed by atoms with E-state index in [1.54, 1.807) is 4.90 Å². The lowest BCUT2D eigenvalue weighted by molar-refractivity contribution is 0.0755. The molecule has 0 fully saturated rings. The molecule has 0 saturated heterocycles. The van der Waals surface area contributed by atoms with Crippen LogP contribution in [0.15, 0.2) is 24.3 Å². The van der Waals surface area contributed by atoms with Gasteiger partial charge < -0.3 is 8.43 Å². The van der Waals surface area contributed by atoms with Crippen molar-refractivity contribution in [2.45, 2.75) is 19.9 Å². The van der Waals surface area contributed by atoms with Crippen LogP contribution >= 0.6 is 22.9 Å². The van der Waals surface area contributed by atoms with E-state index >= 15 is 0 Å². The third kappa shape index (κ3) is 3.09. The average molecular weight is 318 g/mol. The largest absolute Gasteiger partial charge is 0.339 e. The van der Waals surface area contributed by atoms with Gasteiger partial charge in [-0.15, -0.1) is 0 Å². The number of nitrogens with one attached hydrogen (secondary N) is 1. The molecule has 1 amide bonds. The maximum atomic E-state index is 11.9. The molecule has 1 N–H and O–H groups in total. The van der Waals surface area contributed by atoms with E-state index in [1.807, 2.05) is 68.0 Å². The summed E-state index contributed by atoms with van der Waals surface area (Å²) in [7, 11) is 1.82. The van der Waals surface area contributed by atoms with Gasteiger partial charge in [0.15, 0.2) is 0 Å². The van der Waals surface area contributed by atoms with Crippen molar-refractivity contribution in [1.29, 1.82) is 0 Å². The standard InChI is InChI=1S/C11H15IN2O/c1-8(2)14(3)11(15)9-5-4-6-10(7-9)13-12/h4-8,13H,1-3H3. The summed E-state index contributed by atoms with van der Waals surface area (Å²) in [4.78, 5) is 13.7. The van der Waals surface area contributed by atoms with Crippen LogP contribution in [-0.2, 0) is 0 Å². The monoisotopic (exact) mass is 318 g/mol. The van der Waals surface area contributed by atoms with Gasteiger partial charge in [0.1, 0.15) is 0 Å². The van der Waals surface area contributed by atoms with Crippen molar-refractivity contribution in [2.24, 2.45) is 0 Å². The molecule has 1 aromatic rings. The van der Waals surface area contributed by atoms with Crippen LogP contribution in [0.4, 0.5) is 5.69 Å². The Morgan fingerprint density at radius 1 is 1.47 bits per heavy atom. The first-order chi connectivity index (χ1) is 7.06. The molecule has 0 spiro atoms. The molecule has 0 aliphatic carbocycles. The maximum Gasteiger partial charge on any atom is 0.253 e. The second-order valence-corrected chi connectivity index (χ2v) is 4.22. The number of carbonyl (C=O) groups is 1. The molecule has 1 rings (SSSR count). The van der Waals surface area contributed by atoms with Gasteiger partial charge in [0.05, 0.1) is 22.9 Å². The minimum absolute atomic E-state index is 0.0542. The highest BCUT2D eigenvalue weighted by Crippen LogP contribution is 2.14. The molecule has 0 saturated carbocycles. The van der Waals surface area contributed by atoms with Crippen molar-refractivity contribution >= 4 is 34.5 Å². The average Bonchev–Trinajstić information content (AvgIpc) is 2.27. The molecule has 0 radical (unpaired) electrons. The maximum absolute atomic E-state index is 11.9. The topological polar surface area (TPSA) is 32.3 Å². The summed E-state index contributed by atoms with van der Waals surface area (Å²) in [5.74, 6) is 0.0542. The van der Waals surface area contributed by atoms with Gasteiger partial charge in [0.2, 0.25) is 0 Å². The van der Waals surface area contributed by atoms with Gasteiger partial charge in [0.25, 0.3) is 5.91 Å². The second-order valence-electron chi connectivity index (χ2n) is 3.69. The van der Waals surface area contributed by atoms with Gasteiger partial charge in [-0.25, -0.2) is 0 Å². The summed E-state index contributed by atoms with van der Waals surface area (Å²) in [5.41, 5.74) is 1.66. The first-order valence-electron chi connectivity index (χ1n) is 4.80. The first-order valence-corrected chi connectivity index (χ1v) is 5.88. The van der Waals surface area contributed by atoms with E-state index < -0.39 is 0 Å². The van der Waals surface area contributed by atoms with Gasteiger partial charge in [-0.1, -0.05) is 6.07 Å². The van der Waals surface area contributed by atoms with Gasteiger partial charge in [-0.2, -0.15) is 0 Å². The van der Waals surface area contributed by atoms with Crippen LogP contribution in [0.5, 0.6) is 0 Å². The van der Waals surface area contributed by atoms with Crippen LogP contribution in [-0.4, -0.2) is 23.9 Å². The Labute approximate surface area is 104 Å². The lowest BCUT2D eigenvalue weighted by Gasteiger charge is -2.21. The van der Waals surface area contributed by atoms with Gasteiger partial charge in [-0.3, -0.25) is 4.79 Å². The SMILES string of the molecule is CC(C)N(C)C(=O)c1cccc(NI)c1. The van der Waals surface area contributed by atoms with E-state index in [1.165, 1.54) is 0 Å². The van der Waals surface area contributed by atoms with E-state index in [9.17, 15) is 4.79 Å². The summed E-state index contributed by atoms with van der Waals surface area (Å²) in [6, 6.07) is 7.71. The molecule has 0 bridgehead atoms. The normalized spacial score (nSPS) is 10.2. The highest BCUT2D eigenvalue weighted by Gasteiger charge is 2.14. The van der Waals surface area contributed by atoms with Gasteiger partial charge in [-0.05, 0) is 32.0 Å². The number of nitrogens with zero attached hydrogens (tertiary/aromatic N) is 1. The molecule has 15 heavy (non-hydrogen) atoms. The molecule has 0 aromatic heterocycles. The molecular formula is C11H15IN2O. The van der Waals surface area contributed by atoms with E-state index in [0.29, 0.717) is 5.56 Å². The van der Waals surface area contributed by atoms with E-state index in [0.717, 1.165) is 5.69 Å². The summed E-state index contributed by atoms with van der Waals surface area (Å²) < 4.78 is 2.99. The summed E-state index contributed by atoms with van der Waals surface area (Å²) >= 11 is 2.05. The minimum atomic E-state index is 0.0542. The molecular weight excluding hydrogens is 303 g/mol. The molecule has 82 valence electrons. The molecule has 0 heterocycles. The lowest BCUT2D eigenvalue weighted by atomic mass is 10.1. The Kier molecular flexibility index (Phi) is 4.38. The van der Waals surface area contributed by atoms with Crippen molar-refractivity contribution in [3.8, 4) is 0 Å². The van der Waals surface area contributed by atoms with Crippen LogP contribution in [0.1, 0.15) is 24.2 Å². The first kappa shape index (κ1) is 12.3. The zero-order chi connectivity index (χ0) is 11.4. The summed E-state index contributed by atoms with van der Waals surface area (Å²) in [6.45, 7) is 4.00. The fourth-order valence-corrected chi connectivity index (χ4v) is 1.48. The Morgan fingerprint density at radius 3 is 2.67 bits per heavy atom. The van der Waals surface area contributed by atoms with Crippen molar-refractivity contribution in [3.05, 3.63) is 29.8 Å². The third-order valence-electron chi connectivity index (χ3n) is 2.31. The van der Waals surface area contributed by atoms with Crippen LogP contribution in [0, 0.1) is 0 Å². The smallest absolute Gasteiger partial charge is 0.253 e. The lowest BCUT2D eigenvalue weighted by Crippen LogP contribution is -2.32. The van der Waals surface area contributed by atoms with E-state index in [-0.39, 0.29) is 11.9 Å². The van der Waals surface area contributed by atoms with Gasteiger partial charge in [0, 0.05) is 24.3 Å². The van der Waals surface area contributed by atoms with E-state index in [4.69, 9.17) is 0 Å². The zero-order valence-corrected chi connectivity index (χ0v) is 11.3. The number of anilines is 1. The highest BCUT2D eigenvalue weighted by molar-refractivity contribution is 14.1. The van der Waals surface area contributed by atoms with Crippen LogP contribution in [0.3, 0.4) is 0 Å². The Hall–Kier alpha value is -0.780. The quantitative estimate of drug-likeness (QED) is 0.686. The number of benzene rings is 1. The number of hydrogen-bond acceptors (Lipinski definition) is 2.